The van der Waals surface area contributed by atoms with E-state index in [4.69, 9.17) is 9.72 Å². The molecule has 6 rings (SSSR count). The van der Waals surface area contributed by atoms with Gasteiger partial charge in [0.25, 0.3) is 0 Å². The maximum Gasteiger partial charge on any atom is 0.199 e. The predicted molar refractivity (Wildman–Crippen MR) is 140 cm³/mol. The normalized spacial score (nSPS) is 14.2. The molecule has 4 heterocycles. The zero-order chi connectivity index (χ0) is 24.6. The highest BCUT2D eigenvalue weighted by molar-refractivity contribution is 5.91. The molecule has 3 N–H and O–H groups in total. The molecule has 3 aromatic heterocycles. The summed E-state index contributed by atoms with van der Waals surface area (Å²) < 4.78 is 7.32. The van der Waals surface area contributed by atoms with Crippen LogP contribution in [0.5, 0.6) is 5.88 Å². The van der Waals surface area contributed by atoms with Crippen molar-refractivity contribution in [2.45, 2.75) is 6.54 Å². The van der Waals surface area contributed by atoms with Crippen LogP contribution in [-0.4, -0.2) is 75.0 Å². The Kier molecular flexibility index (Phi) is 5.67. The quantitative estimate of drug-likeness (QED) is 0.336. The van der Waals surface area contributed by atoms with E-state index in [-0.39, 0.29) is 5.88 Å². The average molecular weight is 485 g/mol. The smallest absolute Gasteiger partial charge is 0.199 e. The first kappa shape index (κ1) is 22.3. The first-order chi connectivity index (χ1) is 17.6. The van der Waals surface area contributed by atoms with Crippen LogP contribution in [0.4, 0.5) is 17.2 Å². The fourth-order valence-electron chi connectivity index (χ4n) is 4.76. The molecule has 0 amide bonds. The Morgan fingerprint density at radius 2 is 1.97 bits per heavy atom. The number of aromatic amines is 1. The first-order valence-electron chi connectivity index (χ1n) is 11.9. The van der Waals surface area contributed by atoms with E-state index in [1.807, 2.05) is 18.2 Å². The van der Waals surface area contributed by atoms with Gasteiger partial charge in [0, 0.05) is 53.5 Å². The highest BCUT2D eigenvalue weighted by atomic mass is 16.5. The largest absolute Gasteiger partial charge is 0.494 e. The van der Waals surface area contributed by atoms with Gasteiger partial charge in [-0.05, 0) is 50.0 Å². The highest BCUT2D eigenvalue weighted by Crippen LogP contribution is 2.31. The zero-order valence-corrected chi connectivity index (χ0v) is 20.3. The number of anilines is 3. The summed E-state index contributed by atoms with van der Waals surface area (Å²) in [7, 11) is 4.16. The molecule has 0 bridgehead atoms. The number of nitrogens with zero attached hydrogens (tertiary/aromatic N) is 6. The summed E-state index contributed by atoms with van der Waals surface area (Å²) in [6.45, 7) is 4.11. The number of aromatic hydroxyl groups is 1. The number of morpholine rings is 1. The van der Waals surface area contributed by atoms with Gasteiger partial charge in [0.1, 0.15) is 6.33 Å². The van der Waals surface area contributed by atoms with Crippen molar-refractivity contribution in [2.24, 2.45) is 0 Å². The highest BCUT2D eigenvalue weighted by Gasteiger charge is 2.17. The number of aromatic nitrogens is 5. The van der Waals surface area contributed by atoms with Crippen molar-refractivity contribution in [3.63, 3.8) is 0 Å². The van der Waals surface area contributed by atoms with Crippen molar-refractivity contribution < 1.29 is 9.84 Å². The van der Waals surface area contributed by atoms with E-state index < -0.39 is 0 Å². The third-order valence-corrected chi connectivity index (χ3v) is 6.45. The molecule has 2 aromatic carbocycles. The number of H-pyrrole nitrogens is 1. The van der Waals surface area contributed by atoms with Gasteiger partial charge >= 0.3 is 0 Å². The van der Waals surface area contributed by atoms with Crippen LogP contribution >= 0.6 is 0 Å². The number of hydrogen-bond donors (Lipinski definition) is 3. The molecule has 1 fully saturated rings. The maximum atomic E-state index is 9.93. The van der Waals surface area contributed by atoms with E-state index >= 15 is 0 Å². The molecular weight excluding hydrogens is 456 g/mol. The molecule has 0 radical (unpaired) electrons. The lowest BCUT2D eigenvalue weighted by atomic mass is 10.1. The zero-order valence-electron chi connectivity index (χ0n) is 20.3. The van der Waals surface area contributed by atoms with Gasteiger partial charge in [-0.3, -0.25) is 0 Å². The molecule has 0 spiro atoms. The Morgan fingerprint density at radius 3 is 2.81 bits per heavy atom. The lowest BCUT2D eigenvalue weighted by molar-refractivity contribution is 0.122. The molecule has 0 atom stereocenters. The van der Waals surface area contributed by atoms with E-state index in [9.17, 15) is 5.11 Å². The Balaban J connectivity index is 1.34. The molecule has 0 saturated carbocycles. The van der Waals surface area contributed by atoms with Crippen molar-refractivity contribution in [2.75, 3.05) is 50.6 Å². The number of benzene rings is 2. The third kappa shape index (κ3) is 4.10. The summed E-state index contributed by atoms with van der Waals surface area (Å²) in [6.07, 6.45) is 5.10. The molecule has 10 heteroatoms. The van der Waals surface area contributed by atoms with Crippen LogP contribution in [0.15, 0.2) is 55.1 Å². The van der Waals surface area contributed by atoms with Crippen molar-refractivity contribution in [1.29, 1.82) is 0 Å². The average Bonchev–Trinajstić information content (AvgIpc) is 3.52. The Morgan fingerprint density at radius 1 is 1.11 bits per heavy atom. The minimum absolute atomic E-state index is 0.161. The molecule has 10 nitrogen and oxygen atoms in total. The second-order valence-electron chi connectivity index (χ2n) is 9.23. The van der Waals surface area contributed by atoms with Gasteiger partial charge in [0.15, 0.2) is 17.3 Å². The molecule has 184 valence electrons. The Labute approximate surface area is 208 Å². The summed E-state index contributed by atoms with van der Waals surface area (Å²) in [5.41, 5.74) is 5.80. The topological polar surface area (TPSA) is 107 Å². The van der Waals surface area contributed by atoms with E-state index in [2.05, 4.69) is 62.5 Å². The second-order valence-corrected chi connectivity index (χ2v) is 9.23. The van der Waals surface area contributed by atoms with Crippen LogP contribution in [0.3, 0.4) is 0 Å². The molecule has 1 aliphatic heterocycles. The van der Waals surface area contributed by atoms with Crippen LogP contribution in [0.25, 0.3) is 27.7 Å². The monoisotopic (exact) mass is 484 g/mol. The lowest BCUT2D eigenvalue weighted by Gasteiger charge is -2.31. The molecule has 0 aliphatic carbocycles. The standard InChI is InChI=1S/C26H28N8O2/c1-32(2)15-19-12-20(4-6-22(19)33-7-9-36-10-8-33)31-24-25-29-16-30-34(25)23(14-27-24)17-3-5-21-18(11-17)13-28-26(21)35/h3-6,11-14,16,28,35H,7-10,15H2,1-2H3,(H,27,31). The van der Waals surface area contributed by atoms with Gasteiger partial charge in [-0.1, -0.05) is 6.07 Å². The fourth-order valence-corrected chi connectivity index (χ4v) is 4.76. The molecule has 1 aliphatic rings. The minimum Gasteiger partial charge on any atom is -0.494 e. The van der Waals surface area contributed by atoms with Gasteiger partial charge in [0.05, 0.1) is 25.1 Å². The molecule has 0 unspecified atom stereocenters. The van der Waals surface area contributed by atoms with E-state index in [1.54, 1.807) is 16.9 Å². The minimum atomic E-state index is 0.161. The van der Waals surface area contributed by atoms with E-state index in [0.717, 1.165) is 60.6 Å². The number of ether oxygens (including phenoxy) is 1. The number of fused-ring (bicyclic) bond motifs is 2. The van der Waals surface area contributed by atoms with Crippen LogP contribution in [0.1, 0.15) is 5.56 Å². The summed E-state index contributed by atoms with van der Waals surface area (Å²) in [5.74, 6) is 0.792. The molecule has 36 heavy (non-hydrogen) atoms. The maximum absolute atomic E-state index is 9.93. The van der Waals surface area contributed by atoms with Gasteiger partial charge in [0.2, 0.25) is 0 Å². The molecular formula is C26H28N8O2. The van der Waals surface area contributed by atoms with Crippen LogP contribution in [-0.2, 0) is 11.3 Å². The summed E-state index contributed by atoms with van der Waals surface area (Å²) >= 11 is 0. The van der Waals surface area contributed by atoms with Crippen LogP contribution < -0.4 is 10.2 Å². The second kappa shape index (κ2) is 9.14. The van der Waals surface area contributed by atoms with Crippen LogP contribution in [0, 0.1) is 0 Å². The molecule has 5 aromatic rings. The van der Waals surface area contributed by atoms with Crippen molar-refractivity contribution in [1.82, 2.24) is 29.5 Å². The summed E-state index contributed by atoms with van der Waals surface area (Å²) in [6, 6.07) is 12.3. The van der Waals surface area contributed by atoms with Gasteiger partial charge < -0.3 is 29.9 Å². The van der Waals surface area contributed by atoms with Gasteiger partial charge in [-0.2, -0.15) is 5.10 Å². The van der Waals surface area contributed by atoms with E-state index in [1.165, 1.54) is 17.6 Å². The van der Waals surface area contributed by atoms with Crippen molar-refractivity contribution >= 4 is 33.6 Å². The lowest BCUT2D eigenvalue weighted by Crippen LogP contribution is -2.37. The summed E-state index contributed by atoms with van der Waals surface area (Å²) in [5, 5.41) is 19.5. The van der Waals surface area contributed by atoms with E-state index in [0.29, 0.717) is 11.5 Å². The predicted octanol–water partition coefficient (Wildman–Crippen LogP) is 3.62. The Hall–Kier alpha value is -4.15. The van der Waals surface area contributed by atoms with Crippen LogP contribution in [0.2, 0.25) is 0 Å². The fraction of sp³-hybridized carbons (Fsp3) is 0.269. The van der Waals surface area contributed by atoms with Crippen molar-refractivity contribution in [3.8, 4) is 17.1 Å². The van der Waals surface area contributed by atoms with Crippen molar-refractivity contribution in [3.05, 3.63) is 60.7 Å². The first-order valence-corrected chi connectivity index (χ1v) is 11.9. The van der Waals surface area contributed by atoms with Gasteiger partial charge in [-0.15, -0.1) is 0 Å². The Bertz CT molecular complexity index is 1530. The third-order valence-electron chi connectivity index (χ3n) is 6.45. The number of nitrogens with one attached hydrogen (secondary N) is 2. The number of rotatable bonds is 6. The number of hydrogen-bond acceptors (Lipinski definition) is 8. The SMILES string of the molecule is CN(C)Cc1cc(Nc2ncc(-c3ccc4c(O)[nH]cc4c3)n3ncnc23)ccc1N1CCOCC1. The van der Waals surface area contributed by atoms with Gasteiger partial charge in [-0.25, -0.2) is 14.5 Å². The molecule has 1 saturated heterocycles. The summed E-state index contributed by atoms with van der Waals surface area (Å²) in [4.78, 5) is 16.6.